The SMILES string of the molecule is O[C@H]1CCc2cc3ccccc3n2C1. The van der Waals surface area contributed by atoms with E-state index in [9.17, 15) is 5.11 Å². The number of aromatic nitrogens is 1. The third-order valence-corrected chi connectivity index (χ3v) is 3.02. The van der Waals surface area contributed by atoms with Gasteiger partial charge in [-0.15, -0.1) is 0 Å². The van der Waals surface area contributed by atoms with Crippen molar-refractivity contribution in [3.8, 4) is 0 Å². The molecule has 1 N–H and O–H groups in total. The van der Waals surface area contributed by atoms with E-state index in [2.05, 4.69) is 34.9 Å². The highest BCUT2D eigenvalue weighted by molar-refractivity contribution is 5.81. The van der Waals surface area contributed by atoms with Gasteiger partial charge in [0.05, 0.1) is 6.10 Å². The monoisotopic (exact) mass is 187 g/mol. The van der Waals surface area contributed by atoms with Crippen LogP contribution in [0.5, 0.6) is 0 Å². The minimum atomic E-state index is -0.168. The van der Waals surface area contributed by atoms with Gasteiger partial charge in [0.15, 0.2) is 0 Å². The largest absolute Gasteiger partial charge is 0.391 e. The highest BCUT2D eigenvalue weighted by Crippen LogP contribution is 2.25. The summed E-state index contributed by atoms with van der Waals surface area (Å²) in [5, 5.41) is 10.9. The van der Waals surface area contributed by atoms with Crippen LogP contribution in [-0.4, -0.2) is 15.8 Å². The van der Waals surface area contributed by atoms with Gasteiger partial charge in [-0.2, -0.15) is 0 Å². The van der Waals surface area contributed by atoms with E-state index >= 15 is 0 Å². The van der Waals surface area contributed by atoms with Crippen molar-refractivity contribution in [2.24, 2.45) is 0 Å². The molecule has 0 saturated carbocycles. The second-order valence-corrected chi connectivity index (χ2v) is 4.00. The molecule has 0 unspecified atom stereocenters. The summed E-state index contributed by atoms with van der Waals surface area (Å²) in [5.74, 6) is 0. The van der Waals surface area contributed by atoms with Gasteiger partial charge in [0.1, 0.15) is 0 Å². The number of benzene rings is 1. The Balaban J connectivity index is 2.25. The summed E-state index contributed by atoms with van der Waals surface area (Å²) < 4.78 is 2.24. The second kappa shape index (κ2) is 2.85. The molecule has 2 heterocycles. The van der Waals surface area contributed by atoms with Gasteiger partial charge in [0, 0.05) is 17.8 Å². The van der Waals surface area contributed by atoms with Crippen molar-refractivity contribution >= 4 is 10.9 Å². The van der Waals surface area contributed by atoms with E-state index in [1.54, 1.807) is 0 Å². The zero-order valence-corrected chi connectivity index (χ0v) is 7.98. The molecule has 3 rings (SSSR count). The number of aryl methyl sites for hydroxylation is 1. The molecule has 1 aliphatic rings. The van der Waals surface area contributed by atoms with Crippen molar-refractivity contribution in [3.05, 3.63) is 36.0 Å². The summed E-state index contributed by atoms with van der Waals surface area (Å²) in [6.07, 6.45) is 1.73. The number of rotatable bonds is 0. The highest BCUT2D eigenvalue weighted by Gasteiger charge is 2.17. The third kappa shape index (κ3) is 1.07. The van der Waals surface area contributed by atoms with Crippen molar-refractivity contribution < 1.29 is 5.11 Å². The Morgan fingerprint density at radius 1 is 1.29 bits per heavy atom. The molecule has 0 spiro atoms. The molecule has 0 amide bonds. The lowest BCUT2D eigenvalue weighted by molar-refractivity contribution is 0.133. The molecule has 2 aromatic rings. The van der Waals surface area contributed by atoms with Crippen molar-refractivity contribution in [2.45, 2.75) is 25.5 Å². The minimum Gasteiger partial charge on any atom is -0.391 e. The highest BCUT2D eigenvalue weighted by atomic mass is 16.3. The molecule has 0 fully saturated rings. The number of hydrogen-bond acceptors (Lipinski definition) is 1. The van der Waals surface area contributed by atoms with Gasteiger partial charge >= 0.3 is 0 Å². The first-order valence-corrected chi connectivity index (χ1v) is 5.10. The lowest BCUT2D eigenvalue weighted by Gasteiger charge is -2.20. The molecular weight excluding hydrogens is 174 g/mol. The molecule has 1 aliphatic heterocycles. The maximum absolute atomic E-state index is 9.61. The van der Waals surface area contributed by atoms with Gasteiger partial charge in [-0.1, -0.05) is 18.2 Å². The first kappa shape index (κ1) is 8.06. The number of aliphatic hydroxyl groups is 1. The summed E-state index contributed by atoms with van der Waals surface area (Å²) in [6.45, 7) is 0.753. The molecule has 1 aromatic heterocycles. The molecule has 14 heavy (non-hydrogen) atoms. The summed E-state index contributed by atoms with van der Waals surface area (Å²) in [6, 6.07) is 10.6. The van der Waals surface area contributed by atoms with Gasteiger partial charge < -0.3 is 9.67 Å². The summed E-state index contributed by atoms with van der Waals surface area (Å²) in [7, 11) is 0. The predicted octanol–water partition coefficient (Wildman–Crippen LogP) is 1.95. The van der Waals surface area contributed by atoms with E-state index in [1.165, 1.54) is 16.6 Å². The Hall–Kier alpha value is -1.28. The molecule has 1 atom stereocenters. The van der Waals surface area contributed by atoms with Gasteiger partial charge in [0.25, 0.3) is 0 Å². The standard InChI is InChI=1S/C12H13NO/c14-11-6-5-10-7-9-3-1-2-4-12(9)13(10)8-11/h1-4,7,11,14H,5-6,8H2/t11-/m0/s1. The molecule has 0 aliphatic carbocycles. The van der Waals surface area contributed by atoms with Gasteiger partial charge in [-0.05, 0) is 30.4 Å². The molecule has 2 heteroatoms. The lowest BCUT2D eigenvalue weighted by atomic mass is 10.1. The van der Waals surface area contributed by atoms with E-state index in [-0.39, 0.29) is 6.10 Å². The fraction of sp³-hybridized carbons (Fsp3) is 0.333. The van der Waals surface area contributed by atoms with E-state index in [0.29, 0.717) is 0 Å². The number of nitrogens with zero attached hydrogens (tertiary/aromatic N) is 1. The molecule has 0 bridgehead atoms. The smallest absolute Gasteiger partial charge is 0.0723 e. The molecule has 0 radical (unpaired) electrons. The lowest BCUT2D eigenvalue weighted by Crippen LogP contribution is -2.23. The molecule has 1 aromatic carbocycles. The van der Waals surface area contributed by atoms with Crippen molar-refractivity contribution in [1.29, 1.82) is 0 Å². The number of aliphatic hydroxyl groups excluding tert-OH is 1. The zero-order chi connectivity index (χ0) is 9.54. The second-order valence-electron chi connectivity index (χ2n) is 4.00. The Labute approximate surface area is 82.8 Å². The van der Waals surface area contributed by atoms with Crippen LogP contribution in [0, 0.1) is 0 Å². The predicted molar refractivity (Wildman–Crippen MR) is 56.3 cm³/mol. The number of para-hydroxylation sites is 1. The van der Waals surface area contributed by atoms with Crippen LogP contribution in [0.15, 0.2) is 30.3 Å². The van der Waals surface area contributed by atoms with Crippen LogP contribution in [0.25, 0.3) is 10.9 Å². The Kier molecular flexibility index (Phi) is 1.64. The number of fused-ring (bicyclic) bond motifs is 3. The van der Waals surface area contributed by atoms with Gasteiger partial charge in [-0.25, -0.2) is 0 Å². The van der Waals surface area contributed by atoms with E-state index in [0.717, 1.165) is 19.4 Å². The number of hydrogen-bond donors (Lipinski definition) is 1. The van der Waals surface area contributed by atoms with Crippen LogP contribution in [0.1, 0.15) is 12.1 Å². The van der Waals surface area contributed by atoms with Crippen molar-refractivity contribution in [2.75, 3.05) is 0 Å². The Morgan fingerprint density at radius 2 is 2.14 bits per heavy atom. The van der Waals surface area contributed by atoms with Crippen LogP contribution in [0.4, 0.5) is 0 Å². The fourth-order valence-corrected chi connectivity index (χ4v) is 2.31. The maximum atomic E-state index is 9.61. The summed E-state index contributed by atoms with van der Waals surface area (Å²) in [4.78, 5) is 0. The first-order valence-electron chi connectivity index (χ1n) is 5.10. The molecule has 0 saturated heterocycles. The maximum Gasteiger partial charge on any atom is 0.0723 e. The minimum absolute atomic E-state index is 0.168. The van der Waals surface area contributed by atoms with Gasteiger partial charge in [0.2, 0.25) is 0 Å². The van der Waals surface area contributed by atoms with Crippen LogP contribution in [0.2, 0.25) is 0 Å². The van der Waals surface area contributed by atoms with Crippen LogP contribution in [-0.2, 0) is 13.0 Å². The third-order valence-electron chi connectivity index (χ3n) is 3.02. The summed E-state index contributed by atoms with van der Waals surface area (Å²) in [5.41, 5.74) is 2.61. The van der Waals surface area contributed by atoms with Gasteiger partial charge in [-0.3, -0.25) is 0 Å². The first-order chi connectivity index (χ1) is 6.84. The topological polar surface area (TPSA) is 25.2 Å². The Morgan fingerprint density at radius 3 is 3.07 bits per heavy atom. The average Bonchev–Trinajstić information content (AvgIpc) is 2.56. The normalized spacial score (nSPS) is 21.1. The van der Waals surface area contributed by atoms with Crippen molar-refractivity contribution in [3.63, 3.8) is 0 Å². The van der Waals surface area contributed by atoms with Crippen molar-refractivity contribution in [1.82, 2.24) is 4.57 Å². The van der Waals surface area contributed by atoms with Crippen LogP contribution >= 0.6 is 0 Å². The quantitative estimate of drug-likeness (QED) is 0.670. The van der Waals surface area contributed by atoms with Crippen LogP contribution in [0.3, 0.4) is 0 Å². The van der Waals surface area contributed by atoms with Crippen LogP contribution < -0.4 is 0 Å². The average molecular weight is 187 g/mol. The molecular formula is C12H13NO. The van der Waals surface area contributed by atoms with E-state index in [4.69, 9.17) is 0 Å². The molecule has 72 valence electrons. The van der Waals surface area contributed by atoms with E-state index < -0.39 is 0 Å². The fourth-order valence-electron chi connectivity index (χ4n) is 2.31. The molecule has 2 nitrogen and oxygen atoms in total. The Bertz CT molecular complexity index is 472. The van der Waals surface area contributed by atoms with E-state index in [1.807, 2.05) is 0 Å². The zero-order valence-electron chi connectivity index (χ0n) is 7.98. The summed E-state index contributed by atoms with van der Waals surface area (Å²) >= 11 is 0.